The number of nitrogens with zero attached hydrogens (tertiary/aromatic N) is 3. The molecular weight excluding hydrogens is 577 g/mol. The monoisotopic (exact) mass is 615 g/mol. The van der Waals surface area contributed by atoms with Gasteiger partial charge in [-0.15, -0.1) is 0 Å². The highest BCUT2D eigenvalue weighted by Gasteiger charge is 2.51. The van der Waals surface area contributed by atoms with Crippen molar-refractivity contribution in [1.82, 2.24) is 14.5 Å². The van der Waals surface area contributed by atoms with E-state index in [1.807, 2.05) is 18.2 Å². The molecule has 3 heterocycles. The molecule has 2 aromatic heterocycles. The lowest BCUT2D eigenvalue weighted by atomic mass is 9.78. The zero-order chi connectivity index (χ0) is 32.4. The predicted molar refractivity (Wildman–Crippen MR) is 193 cm³/mol. The Hall–Kier alpha value is -4.78. The molecule has 6 aromatic rings. The van der Waals surface area contributed by atoms with Crippen molar-refractivity contribution in [3.05, 3.63) is 133 Å². The van der Waals surface area contributed by atoms with Crippen LogP contribution in [0.5, 0.6) is 0 Å². The largest absolute Gasteiger partial charge is 0.494 e. The van der Waals surface area contributed by atoms with E-state index in [2.05, 4.69) is 148 Å². The molecule has 5 nitrogen and oxygen atoms in total. The van der Waals surface area contributed by atoms with E-state index in [4.69, 9.17) is 19.3 Å². The molecule has 0 bridgehead atoms. The molecule has 8 rings (SSSR count). The van der Waals surface area contributed by atoms with Crippen LogP contribution in [0.4, 0.5) is 0 Å². The molecular formula is C41H38BN3O2. The highest BCUT2D eigenvalue weighted by Crippen LogP contribution is 2.40. The third-order valence-corrected chi connectivity index (χ3v) is 10.3. The van der Waals surface area contributed by atoms with Crippen molar-refractivity contribution in [3.63, 3.8) is 0 Å². The van der Waals surface area contributed by atoms with Gasteiger partial charge in [-0.2, -0.15) is 0 Å². The molecule has 47 heavy (non-hydrogen) atoms. The van der Waals surface area contributed by atoms with Crippen LogP contribution in [0, 0.1) is 0 Å². The quantitative estimate of drug-likeness (QED) is 0.182. The number of hydrogen-bond acceptors (Lipinski definition) is 4. The number of hydrogen-bond donors (Lipinski definition) is 0. The minimum Gasteiger partial charge on any atom is -0.399 e. The average molecular weight is 616 g/mol. The van der Waals surface area contributed by atoms with E-state index in [9.17, 15) is 0 Å². The van der Waals surface area contributed by atoms with Gasteiger partial charge in [-0.1, -0.05) is 110 Å². The fourth-order valence-electron chi connectivity index (χ4n) is 6.67. The minimum atomic E-state index is -0.406. The van der Waals surface area contributed by atoms with Crippen molar-refractivity contribution in [3.8, 4) is 22.6 Å². The molecule has 1 fully saturated rings. The van der Waals surface area contributed by atoms with Crippen LogP contribution in [0.3, 0.4) is 0 Å². The number of rotatable bonds is 5. The van der Waals surface area contributed by atoms with Crippen LogP contribution in [0.25, 0.3) is 50.1 Å². The van der Waals surface area contributed by atoms with E-state index in [1.165, 1.54) is 27.5 Å². The Bertz CT molecular complexity index is 2130. The summed E-state index contributed by atoms with van der Waals surface area (Å²) in [5.41, 5.74) is 7.41. The topological polar surface area (TPSA) is 49.2 Å². The predicted octanol–water partition coefficient (Wildman–Crippen LogP) is 8.98. The van der Waals surface area contributed by atoms with E-state index in [0.29, 0.717) is 0 Å². The molecule has 1 unspecified atom stereocenters. The number of allylic oxidation sites excluding steroid dienone is 4. The lowest BCUT2D eigenvalue weighted by molar-refractivity contribution is 0.00578. The number of fused-ring (bicyclic) bond motifs is 3. The van der Waals surface area contributed by atoms with Gasteiger partial charge in [0.15, 0.2) is 5.82 Å². The van der Waals surface area contributed by atoms with Crippen molar-refractivity contribution < 1.29 is 9.31 Å². The standard InChI is InChI=1S/C41H38BN3O2/c1-39(2)40(3,4)47-42(46-39)30-21-19-28(20-22-30)34-27-37(44-38(43-34)29-13-7-6-8-14-29)41(5)25-23-31(24-26-41)45-35-17-11-9-15-32(35)33-16-10-12-18-36(33)45/h6-25,27H,26H2,1-5H3. The smallest absolute Gasteiger partial charge is 0.399 e. The molecule has 1 aliphatic heterocycles. The van der Waals surface area contributed by atoms with E-state index in [1.54, 1.807) is 0 Å². The molecule has 0 spiro atoms. The van der Waals surface area contributed by atoms with Crippen LogP contribution in [0.15, 0.2) is 127 Å². The fraction of sp³-hybridized carbons (Fsp3) is 0.220. The second kappa shape index (κ2) is 10.9. The average Bonchev–Trinajstić information content (AvgIpc) is 3.54. The molecule has 232 valence electrons. The summed E-state index contributed by atoms with van der Waals surface area (Å²) in [4.78, 5) is 10.3. The molecule has 1 atom stereocenters. The van der Waals surface area contributed by atoms with Crippen LogP contribution in [-0.2, 0) is 14.7 Å². The van der Waals surface area contributed by atoms with Gasteiger partial charge < -0.3 is 13.9 Å². The lowest BCUT2D eigenvalue weighted by Gasteiger charge is -2.32. The second-order valence-corrected chi connectivity index (χ2v) is 14.0. The van der Waals surface area contributed by atoms with Crippen LogP contribution in [0.1, 0.15) is 46.7 Å². The summed E-state index contributed by atoms with van der Waals surface area (Å²) in [6, 6.07) is 38.1. The van der Waals surface area contributed by atoms with Gasteiger partial charge in [0.25, 0.3) is 0 Å². The molecule has 1 aliphatic carbocycles. The van der Waals surface area contributed by atoms with Crippen molar-refractivity contribution >= 4 is 40.1 Å². The van der Waals surface area contributed by atoms with Gasteiger partial charge in [0.05, 0.1) is 33.6 Å². The number of aromatic nitrogens is 3. The Morgan fingerprint density at radius 2 is 1.26 bits per heavy atom. The van der Waals surface area contributed by atoms with Crippen molar-refractivity contribution in [2.45, 2.75) is 57.7 Å². The van der Waals surface area contributed by atoms with Crippen molar-refractivity contribution in [2.24, 2.45) is 0 Å². The summed E-state index contributed by atoms with van der Waals surface area (Å²) in [5, 5.41) is 2.53. The Balaban J connectivity index is 1.16. The van der Waals surface area contributed by atoms with E-state index in [0.717, 1.165) is 40.2 Å². The Morgan fingerprint density at radius 1 is 0.660 bits per heavy atom. The molecule has 2 aliphatic rings. The van der Waals surface area contributed by atoms with Crippen LogP contribution >= 0.6 is 0 Å². The summed E-state index contributed by atoms with van der Waals surface area (Å²) in [6.45, 7) is 10.6. The lowest BCUT2D eigenvalue weighted by Crippen LogP contribution is -2.41. The normalized spacial score (nSPS) is 20.2. The molecule has 6 heteroatoms. The van der Waals surface area contributed by atoms with Gasteiger partial charge in [0.1, 0.15) is 0 Å². The first-order valence-electron chi connectivity index (χ1n) is 16.4. The second-order valence-electron chi connectivity index (χ2n) is 14.0. The van der Waals surface area contributed by atoms with Crippen molar-refractivity contribution in [1.29, 1.82) is 0 Å². The SMILES string of the molecule is CC1(c2cc(-c3ccc(B4OC(C)(C)C(C)(C)O4)cc3)nc(-c3ccccc3)n2)C=CC(n2c3ccccc3c3ccccc32)=CC1. The van der Waals surface area contributed by atoms with Crippen LogP contribution in [0.2, 0.25) is 0 Å². The third-order valence-electron chi connectivity index (χ3n) is 10.3. The summed E-state index contributed by atoms with van der Waals surface area (Å²) in [5.74, 6) is 0.722. The van der Waals surface area contributed by atoms with Crippen molar-refractivity contribution in [2.75, 3.05) is 0 Å². The molecule has 1 saturated heterocycles. The van der Waals surface area contributed by atoms with E-state index < -0.39 is 7.12 Å². The molecule has 0 amide bonds. The third kappa shape index (κ3) is 5.04. The van der Waals surface area contributed by atoms with Gasteiger partial charge >= 0.3 is 7.12 Å². The Labute approximate surface area is 276 Å². The van der Waals surface area contributed by atoms with E-state index >= 15 is 0 Å². The zero-order valence-electron chi connectivity index (χ0n) is 27.6. The zero-order valence-corrected chi connectivity index (χ0v) is 27.6. The molecule has 0 radical (unpaired) electrons. The first-order chi connectivity index (χ1) is 22.6. The summed E-state index contributed by atoms with van der Waals surface area (Å²) in [7, 11) is -0.406. The summed E-state index contributed by atoms with van der Waals surface area (Å²) in [6.07, 6.45) is 7.73. The molecule has 0 saturated carbocycles. The van der Waals surface area contributed by atoms with Crippen LogP contribution in [-0.4, -0.2) is 32.9 Å². The maximum atomic E-state index is 6.30. The van der Waals surface area contributed by atoms with Crippen LogP contribution < -0.4 is 5.46 Å². The van der Waals surface area contributed by atoms with E-state index in [-0.39, 0.29) is 16.6 Å². The minimum absolute atomic E-state index is 0.313. The van der Waals surface area contributed by atoms with Gasteiger partial charge in [0.2, 0.25) is 0 Å². The Morgan fingerprint density at radius 3 is 1.85 bits per heavy atom. The summed E-state index contributed by atoms with van der Waals surface area (Å²) >= 11 is 0. The maximum absolute atomic E-state index is 6.30. The fourth-order valence-corrected chi connectivity index (χ4v) is 6.67. The highest BCUT2D eigenvalue weighted by molar-refractivity contribution is 6.62. The van der Waals surface area contributed by atoms with Gasteiger partial charge in [-0.05, 0) is 63.9 Å². The molecule has 0 N–H and O–H groups in total. The molecule has 4 aromatic carbocycles. The first-order valence-corrected chi connectivity index (χ1v) is 16.4. The summed E-state index contributed by atoms with van der Waals surface area (Å²) < 4.78 is 15.0. The maximum Gasteiger partial charge on any atom is 0.494 e. The number of benzene rings is 4. The Kier molecular flexibility index (Phi) is 6.87. The number of para-hydroxylation sites is 2. The first kappa shape index (κ1) is 29.6. The van der Waals surface area contributed by atoms with Gasteiger partial charge in [0, 0.05) is 33.0 Å². The van der Waals surface area contributed by atoms with Gasteiger partial charge in [-0.3, -0.25) is 0 Å². The van der Waals surface area contributed by atoms with Gasteiger partial charge in [-0.25, -0.2) is 9.97 Å². The highest BCUT2D eigenvalue weighted by atomic mass is 16.7.